The summed E-state index contributed by atoms with van der Waals surface area (Å²) in [4.78, 5) is 1.07. The van der Waals surface area contributed by atoms with Crippen LogP contribution >= 0.6 is 11.8 Å². The Labute approximate surface area is 131 Å². The molecule has 0 aromatic heterocycles. The Morgan fingerprint density at radius 3 is 2.38 bits per heavy atom. The molecule has 0 heterocycles. The third-order valence-electron chi connectivity index (χ3n) is 3.34. The van der Waals surface area contributed by atoms with Crippen LogP contribution < -0.4 is 4.74 Å². The smallest absolute Gasteiger partial charge is 0.125 e. The predicted octanol–water partition coefficient (Wildman–Crippen LogP) is 4.66. The molecule has 0 spiro atoms. The van der Waals surface area contributed by atoms with Crippen molar-refractivity contribution in [1.82, 2.24) is 0 Å². The van der Waals surface area contributed by atoms with Gasteiger partial charge < -0.3 is 9.84 Å². The highest BCUT2D eigenvalue weighted by Crippen LogP contribution is 2.36. The maximum atomic E-state index is 10.0. The van der Waals surface area contributed by atoms with Crippen LogP contribution in [0.25, 0.3) is 0 Å². The van der Waals surface area contributed by atoms with E-state index in [1.54, 1.807) is 25.8 Å². The second kappa shape index (κ2) is 7.01. The second-order valence-electron chi connectivity index (χ2n) is 5.33. The lowest BCUT2D eigenvalue weighted by Crippen LogP contribution is -1.99. The largest absolute Gasteiger partial charge is 0.496 e. The zero-order valence-corrected chi connectivity index (χ0v) is 13.8. The molecule has 0 aliphatic heterocycles. The second-order valence-corrected chi connectivity index (χ2v) is 6.35. The molecule has 0 saturated carbocycles. The fourth-order valence-corrected chi connectivity index (χ4v) is 3.64. The average Bonchev–Trinajstić information content (AvgIpc) is 2.43. The van der Waals surface area contributed by atoms with Crippen molar-refractivity contribution in [1.29, 1.82) is 0 Å². The van der Waals surface area contributed by atoms with Gasteiger partial charge in [-0.05, 0) is 38.5 Å². The lowest BCUT2D eigenvalue weighted by molar-refractivity contribution is 0.191. The van der Waals surface area contributed by atoms with Crippen molar-refractivity contribution in [3.8, 4) is 5.75 Å². The predicted molar refractivity (Wildman–Crippen MR) is 89.1 cm³/mol. The van der Waals surface area contributed by atoms with Gasteiger partial charge in [-0.3, -0.25) is 0 Å². The number of methoxy groups -OCH3 is 1. The molecule has 2 aromatic rings. The molecule has 1 atom stereocenters. The highest BCUT2D eigenvalue weighted by atomic mass is 32.2. The van der Waals surface area contributed by atoms with E-state index in [1.807, 2.05) is 18.2 Å². The van der Waals surface area contributed by atoms with Crippen molar-refractivity contribution in [2.24, 2.45) is 0 Å². The van der Waals surface area contributed by atoms with Gasteiger partial charge in [0.05, 0.1) is 13.2 Å². The molecule has 0 aliphatic rings. The minimum Gasteiger partial charge on any atom is -0.496 e. The van der Waals surface area contributed by atoms with Crippen LogP contribution in [0.3, 0.4) is 0 Å². The van der Waals surface area contributed by atoms with E-state index in [0.29, 0.717) is 0 Å². The van der Waals surface area contributed by atoms with Gasteiger partial charge in [0.15, 0.2) is 0 Å². The monoisotopic (exact) mass is 302 g/mol. The Morgan fingerprint density at radius 1 is 1.14 bits per heavy atom. The number of aliphatic hydroxyl groups excluding tert-OH is 1. The first kappa shape index (κ1) is 15.9. The summed E-state index contributed by atoms with van der Waals surface area (Å²) in [6.07, 6.45) is -0.539. The number of hydrogen-bond acceptors (Lipinski definition) is 3. The van der Waals surface area contributed by atoms with Crippen molar-refractivity contribution in [3.63, 3.8) is 0 Å². The van der Waals surface area contributed by atoms with Crippen LogP contribution in [0.15, 0.2) is 41.3 Å². The third kappa shape index (κ3) is 4.02. The topological polar surface area (TPSA) is 29.5 Å². The van der Waals surface area contributed by atoms with Crippen molar-refractivity contribution in [3.05, 3.63) is 58.7 Å². The van der Waals surface area contributed by atoms with Gasteiger partial charge >= 0.3 is 0 Å². The molecule has 0 bridgehead atoms. The zero-order chi connectivity index (χ0) is 15.4. The Kier molecular flexibility index (Phi) is 5.32. The van der Waals surface area contributed by atoms with Crippen molar-refractivity contribution < 1.29 is 9.84 Å². The quantitative estimate of drug-likeness (QED) is 0.815. The minimum atomic E-state index is -0.539. The van der Waals surface area contributed by atoms with Crippen LogP contribution in [0.2, 0.25) is 0 Å². The van der Waals surface area contributed by atoms with Crippen LogP contribution in [-0.4, -0.2) is 12.2 Å². The van der Waals surface area contributed by atoms with Gasteiger partial charge in [0.1, 0.15) is 5.75 Å². The molecule has 2 nitrogen and oxygen atoms in total. The van der Waals surface area contributed by atoms with Crippen LogP contribution in [-0.2, 0) is 5.75 Å². The van der Waals surface area contributed by atoms with E-state index in [1.165, 1.54) is 16.7 Å². The SMILES string of the molecule is COc1cccc(SCc2cc(C)cc(C)c2)c1C(C)O. The highest BCUT2D eigenvalue weighted by Gasteiger charge is 2.14. The van der Waals surface area contributed by atoms with Gasteiger partial charge in [-0.1, -0.05) is 35.4 Å². The molecule has 0 amide bonds. The van der Waals surface area contributed by atoms with Crippen LogP contribution in [0.5, 0.6) is 5.75 Å². The van der Waals surface area contributed by atoms with Gasteiger partial charge in [-0.15, -0.1) is 11.8 Å². The normalized spacial score (nSPS) is 12.2. The molecule has 3 heteroatoms. The van der Waals surface area contributed by atoms with Crippen molar-refractivity contribution in [2.75, 3.05) is 7.11 Å². The molecular formula is C18H22O2S. The van der Waals surface area contributed by atoms with Gasteiger partial charge in [0.2, 0.25) is 0 Å². The maximum Gasteiger partial charge on any atom is 0.125 e. The van der Waals surface area contributed by atoms with Gasteiger partial charge in [-0.25, -0.2) is 0 Å². The number of ether oxygens (including phenoxy) is 1. The highest BCUT2D eigenvalue weighted by molar-refractivity contribution is 7.98. The molecule has 1 unspecified atom stereocenters. The summed E-state index contributed by atoms with van der Waals surface area (Å²) >= 11 is 1.74. The van der Waals surface area contributed by atoms with E-state index >= 15 is 0 Å². The number of rotatable bonds is 5. The molecule has 2 aromatic carbocycles. The van der Waals surface area contributed by atoms with E-state index in [-0.39, 0.29) is 0 Å². The number of benzene rings is 2. The maximum absolute atomic E-state index is 10.0. The summed E-state index contributed by atoms with van der Waals surface area (Å²) in [5, 5.41) is 10.0. The molecule has 21 heavy (non-hydrogen) atoms. The Morgan fingerprint density at radius 2 is 1.81 bits per heavy atom. The lowest BCUT2D eigenvalue weighted by Gasteiger charge is -2.16. The van der Waals surface area contributed by atoms with Crippen molar-refractivity contribution in [2.45, 2.75) is 37.5 Å². The lowest BCUT2D eigenvalue weighted by atomic mass is 10.1. The van der Waals surface area contributed by atoms with E-state index in [9.17, 15) is 5.11 Å². The van der Waals surface area contributed by atoms with Crippen molar-refractivity contribution >= 4 is 11.8 Å². The first-order chi connectivity index (χ1) is 10.0. The van der Waals surface area contributed by atoms with E-state index in [0.717, 1.165) is 22.0 Å². The standard InChI is InChI=1S/C18H22O2S/c1-12-8-13(2)10-15(9-12)11-21-17-7-5-6-16(20-4)18(17)14(3)19/h5-10,14,19H,11H2,1-4H3. The summed E-state index contributed by atoms with van der Waals surface area (Å²) in [5.74, 6) is 1.63. The molecule has 0 aliphatic carbocycles. The Balaban J connectivity index is 2.23. The summed E-state index contributed by atoms with van der Waals surface area (Å²) in [5.41, 5.74) is 4.74. The van der Waals surface area contributed by atoms with E-state index < -0.39 is 6.10 Å². The van der Waals surface area contributed by atoms with Crippen LogP contribution in [0, 0.1) is 13.8 Å². The molecule has 2 rings (SSSR count). The molecular weight excluding hydrogens is 280 g/mol. The number of hydrogen-bond donors (Lipinski definition) is 1. The molecule has 0 radical (unpaired) electrons. The zero-order valence-electron chi connectivity index (χ0n) is 13.0. The van der Waals surface area contributed by atoms with E-state index in [2.05, 4.69) is 32.0 Å². The summed E-state index contributed by atoms with van der Waals surface area (Å²) in [6, 6.07) is 12.5. The Hall–Kier alpha value is -1.45. The van der Waals surface area contributed by atoms with E-state index in [4.69, 9.17) is 4.74 Å². The molecule has 112 valence electrons. The summed E-state index contributed by atoms with van der Waals surface area (Å²) in [7, 11) is 1.64. The summed E-state index contributed by atoms with van der Waals surface area (Å²) in [6.45, 7) is 6.01. The van der Waals surface area contributed by atoms with Crippen LogP contribution in [0.1, 0.15) is 35.3 Å². The number of aliphatic hydroxyl groups is 1. The van der Waals surface area contributed by atoms with Gasteiger partial charge in [0.25, 0.3) is 0 Å². The summed E-state index contributed by atoms with van der Waals surface area (Å²) < 4.78 is 5.36. The minimum absolute atomic E-state index is 0.539. The number of thioether (sulfide) groups is 1. The van der Waals surface area contributed by atoms with Gasteiger partial charge in [-0.2, -0.15) is 0 Å². The molecule has 0 saturated heterocycles. The third-order valence-corrected chi connectivity index (χ3v) is 4.48. The first-order valence-corrected chi connectivity index (χ1v) is 8.04. The number of aryl methyl sites for hydroxylation is 2. The van der Waals surface area contributed by atoms with Crippen LogP contribution in [0.4, 0.5) is 0 Å². The molecule has 0 fully saturated rings. The Bertz CT molecular complexity index is 600. The fraction of sp³-hybridized carbons (Fsp3) is 0.333. The van der Waals surface area contributed by atoms with Gasteiger partial charge in [0, 0.05) is 16.2 Å². The molecule has 1 N–H and O–H groups in total. The first-order valence-electron chi connectivity index (χ1n) is 7.06. The average molecular weight is 302 g/mol. The fourth-order valence-electron chi connectivity index (χ4n) is 2.55.